The molecule has 1 saturated carbocycles. The minimum absolute atomic E-state index is 0.0241. The molecule has 1 aliphatic heterocycles. The number of pyridine rings is 1. The molecule has 3 heterocycles. The van der Waals surface area contributed by atoms with E-state index in [0.29, 0.717) is 24.8 Å². The molecule has 0 bridgehead atoms. The number of hydrogen-bond donors (Lipinski definition) is 0. The summed E-state index contributed by atoms with van der Waals surface area (Å²) in [5, 5.41) is 7.91. The predicted octanol–water partition coefficient (Wildman–Crippen LogP) is 4.73. The first-order valence-electron chi connectivity index (χ1n) is 10.9. The number of rotatable bonds is 5. The normalized spacial score (nSPS) is 22.2. The molecular formula is C23H23F5N4O. The van der Waals surface area contributed by atoms with Gasteiger partial charge in [-0.25, -0.2) is 8.78 Å². The van der Waals surface area contributed by atoms with Crippen molar-refractivity contribution in [1.29, 1.82) is 0 Å². The molecule has 5 rings (SSSR count). The van der Waals surface area contributed by atoms with E-state index in [0.717, 1.165) is 25.0 Å². The number of hydrogen-bond acceptors (Lipinski definition) is 4. The Hall–Kier alpha value is -2.59. The monoisotopic (exact) mass is 466 g/mol. The van der Waals surface area contributed by atoms with Gasteiger partial charge in [-0.05, 0) is 43.4 Å². The third-order valence-electron chi connectivity index (χ3n) is 6.65. The van der Waals surface area contributed by atoms with Crippen molar-refractivity contribution in [1.82, 2.24) is 19.5 Å². The molecule has 0 amide bonds. The van der Waals surface area contributed by atoms with Crippen LogP contribution in [0.3, 0.4) is 0 Å². The highest BCUT2D eigenvalue weighted by Crippen LogP contribution is 2.39. The van der Waals surface area contributed by atoms with Crippen LogP contribution in [0, 0.1) is 17.6 Å². The molecule has 3 aromatic rings. The van der Waals surface area contributed by atoms with Gasteiger partial charge in [0.25, 0.3) is 0 Å². The maximum absolute atomic E-state index is 14.7. The first-order chi connectivity index (χ1) is 15.7. The summed E-state index contributed by atoms with van der Waals surface area (Å²) in [6, 6.07) is 4.68. The molecule has 1 atom stereocenters. The van der Waals surface area contributed by atoms with Crippen LogP contribution < -0.4 is 0 Å². The third-order valence-corrected chi connectivity index (χ3v) is 6.65. The Balaban J connectivity index is 1.55. The summed E-state index contributed by atoms with van der Waals surface area (Å²) in [6.07, 6.45) is -0.369. The van der Waals surface area contributed by atoms with Gasteiger partial charge in [0.1, 0.15) is 23.0 Å². The minimum Gasteiger partial charge on any atom is -0.378 e. The van der Waals surface area contributed by atoms with E-state index in [4.69, 9.17) is 4.74 Å². The third kappa shape index (κ3) is 4.10. The fourth-order valence-electron chi connectivity index (χ4n) is 4.62. The quantitative estimate of drug-likeness (QED) is 0.510. The van der Waals surface area contributed by atoms with E-state index in [-0.39, 0.29) is 36.5 Å². The lowest BCUT2D eigenvalue weighted by atomic mass is 9.88. The van der Waals surface area contributed by atoms with E-state index in [1.54, 1.807) is 18.0 Å². The molecule has 2 aliphatic rings. The highest BCUT2D eigenvalue weighted by Gasteiger charge is 2.42. The molecule has 10 heteroatoms. The highest BCUT2D eigenvalue weighted by atomic mass is 19.4. The number of fused-ring (bicyclic) bond motifs is 1. The molecule has 0 radical (unpaired) electrons. The average molecular weight is 466 g/mol. The second-order valence-corrected chi connectivity index (χ2v) is 9.04. The van der Waals surface area contributed by atoms with Crippen molar-refractivity contribution in [3.8, 4) is 0 Å². The number of benzene rings is 1. The first kappa shape index (κ1) is 22.2. The molecule has 5 nitrogen and oxygen atoms in total. The molecule has 1 aliphatic carbocycles. The van der Waals surface area contributed by atoms with E-state index in [2.05, 4.69) is 10.2 Å². The molecule has 176 valence electrons. The second kappa shape index (κ2) is 8.02. The Morgan fingerprint density at radius 2 is 1.94 bits per heavy atom. The summed E-state index contributed by atoms with van der Waals surface area (Å²) < 4.78 is 77.8. The summed E-state index contributed by atoms with van der Waals surface area (Å²) in [4.78, 5) is 1.75. The number of ether oxygens (including phenoxy) is 1. The van der Waals surface area contributed by atoms with Crippen LogP contribution in [0.4, 0.5) is 22.0 Å². The summed E-state index contributed by atoms with van der Waals surface area (Å²) in [5.41, 5.74) is -1.94. The highest BCUT2D eigenvalue weighted by molar-refractivity contribution is 5.54. The largest absolute Gasteiger partial charge is 0.420 e. The fourth-order valence-corrected chi connectivity index (χ4v) is 4.62. The number of halogens is 5. The standard InChI is InChI=1S/C23H23F5N4O/c1-22(17-5-4-16(24)11-18(17)25)13-33-9-8-31(22)12-15-6-7-32-19(10-14-2-3-14)29-30-21(32)20(15)23(26,27)28/h4-7,11,14H,2-3,8-10,12-13H2,1H3. The van der Waals surface area contributed by atoms with Crippen molar-refractivity contribution in [2.45, 2.75) is 44.4 Å². The van der Waals surface area contributed by atoms with Gasteiger partial charge in [-0.3, -0.25) is 9.30 Å². The maximum Gasteiger partial charge on any atom is 0.420 e. The van der Waals surface area contributed by atoms with E-state index in [1.807, 2.05) is 0 Å². The van der Waals surface area contributed by atoms with E-state index < -0.39 is 28.9 Å². The lowest BCUT2D eigenvalue weighted by Crippen LogP contribution is -2.52. The van der Waals surface area contributed by atoms with Crippen molar-refractivity contribution in [3.05, 3.63) is 64.6 Å². The van der Waals surface area contributed by atoms with Crippen molar-refractivity contribution < 1.29 is 26.7 Å². The van der Waals surface area contributed by atoms with Crippen LogP contribution in [0.2, 0.25) is 0 Å². The maximum atomic E-state index is 14.7. The van der Waals surface area contributed by atoms with Gasteiger partial charge < -0.3 is 4.74 Å². The van der Waals surface area contributed by atoms with Crippen LogP contribution in [0.1, 0.15) is 42.3 Å². The lowest BCUT2D eigenvalue weighted by Gasteiger charge is -2.45. The summed E-state index contributed by atoms with van der Waals surface area (Å²) in [6.45, 7) is 2.23. The summed E-state index contributed by atoms with van der Waals surface area (Å²) in [7, 11) is 0. The molecule has 2 aromatic heterocycles. The Morgan fingerprint density at radius 1 is 1.15 bits per heavy atom. The van der Waals surface area contributed by atoms with Gasteiger partial charge in [0, 0.05) is 37.3 Å². The average Bonchev–Trinajstić information content (AvgIpc) is 3.47. The molecule has 1 unspecified atom stereocenters. The lowest BCUT2D eigenvalue weighted by molar-refractivity contribution is -0.138. The number of nitrogens with zero attached hydrogens (tertiary/aromatic N) is 4. The van der Waals surface area contributed by atoms with Gasteiger partial charge in [0.2, 0.25) is 0 Å². The topological polar surface area (TPSA) is 42.7 Å². The van der Waals surface area contributed by atoms with Crippen LogP contribution in [0.25, 0.3) is 5.65 Å². The Morgan fingerprint density at radius 3 is 2.64 bits per heavy atom. The van der Waals surface area contributed by atoms with Crippen molar-refractivity contribution in [3.63, 3.8) is 0 Å². The van der Waals surface area contributed by atoms with Gasteiger partial charge in [-0.15, -0.1) is 10.2 Å². The van der Waals surface area contributed by atoms with Crippen LogP contribution in [0.15, 0.2) is 30.5 Å². The van der Waals surface area contributed by atoms with Gasteiger partial charge in [0.15, 0.2) is 5.65 Å². The molecule has 0 spiro atoms. The van der Waals surface area contributed by atoms with Crippen LogP contribution >= 0.6 is 0 Å². The number of morpholine rings is 1. The minimum atomic E-state index is -4.65. The fraction of sp³-hybridized carbons (Fsp3) is 0.478. The number of alkyl halides is 3. The zero-order valence-corrected chi connectivity index (χ0v) is 18.0. The Bertz CT molecular complexity index is 1190. The van der Waals surface area contributed by atoms with Gasteiger partial charge in [-0.2, -0.15) is 13.2 Å². The number of aromatic nitrogens is 3. The smallest absolute Gasteiger partial charge is 0.378 e. The molecule has 2 fully saturated rings. The zero-order valence-electron chi connectivity index (χ0n) is 18.0. The van der Waals surface area contributed by atoms with Crippen LogP contribution in [0.5, 0.6) is 0 Å². The zero-order chi connectivity index (χ0) is 23.4. The predicted molar refractivity (Wildman–Crippen MR) is 109 cm³/mol. The molecule has 0 N–H and O–H groups in total. The van der Waals surface area contributed by atoms with Crippen molar-refractivity contribution in [2.75, 3.05) is 19.8 Å². The molecular weight excluding hydrogens is 443 g/mol. The second-order valence-electron chi connectivity index (χ2n) is 9.04. The first-order valence-corrected chi connectivity index (χ1v) is 10.9. The van der Waals surface area contributed by atoms with E-state index in [1.165, 1.54) is 16.5 Å². The van der Waals surface area contributed by atoms with E-state index >= 15 is 0 Å². The van der Waals surface area contributed by atoms with Gasteiger partial charge in [0.05, 0.1) is 18.8 Å². The van der Waals surface area contributed by atoms with Gasteiger partial charge >= 0.3 is 6.18 Å². The van der Waals surface area contributed by atoms with Crippen molar-refractivity contribution >= 4 is 5.65 Å². The van der Waals surface area contributed by atoms with Crippen molar-refractivity contribution in [2.24, 2.45) is 5.92 Å². The Kier molecular flexibility index (Phi) is 5.40. The van der Waals surface area contributed by atoms with E-state index in [9.17, 15) is 22.0 Å². The van der Waals surface area contributed by atoms with Crippen LogP contribution in [-0.4, -0.2) is 39.3 Å². The molecule has 33 heavy (non-hydrogen) atoms. The molecule has 1 aromatic carbocycles. The molecule has 1 saturated heterocycles. The van der Waals surface area contributed by atoms with Gasteiger partial charge in [-0.1, -0.05) is 6.07 Å². The SMILES string of the molecule is CC1(c2ccc(F)cc2F)COCCN1Cc1ccn2c(CC3CC3)nnc2c1C(F)(F)F. The summed E-state index contributed by atoms with van der Waals surface area (Å²) in [5.74, 6) is -0.511. The van der Waals surface area contributed by atoms with Crippen LogP contribution in [-0.2, 0) is 29.4 Å². The summed E-state index contributed by atoms with van der Waals surface area (Å²) >= 11 is 0. The Labute approximate surface area is 187 Å².